The highest BCUT2D eigenvalue weighted by Gasteiger charge is 2.31. The smallest absolute Gasteiger partial charge is 0.406 e. The van der Waals surface area contributed by atoms with E-state index in [1.807, 2.05) is 5.92 Å². The van der Waals surface area contributed by atoms with Crippen LogP contribution in [0.3, 0.4) is 0 Å². The summed E-state index contributed by atoms with van der Waals surface area (Å²) in [6.07, 6.45) is -4.88. The third kappa shape index (κ3) is 4.42. The number of carbonyl (C=O) groups is 1. The van der Waals surface area contributed by atoms with Crippen LogP contribution < -0.4 is 10.5 Å². The van der Waals surface area contributed by atoms with Crippen LogP contribution in [0.25, 0.3) is 0 Å². The van der Waals surface area contributed by atoms with Gasteiger partial charge in [0.1, 0.15) is 11.6 Å². The second-order valence-corrected chi connectivity index (χ2v) is 2.80. The van der Waals surface area contributed by atoms with Crippen molar-refractivity contribution < 1.29 is 27.1 Å². The molecule has 17 heavy (non-hydrogen) atoms. The van der Waals surface area contributed by atoms with Crippen LogP contribution >= 0.6 is 0 Å². The van der Waals surface area contributed by atoms with Crippen LogP contribution in [0.15, 0.2) is 18.2 Å². The maximum atomic E-state index is 13.1. The predicted octanol–water partition coefficient (Wildman–Crippen LogP) is 1.56. The molecule has 0 unspecified atom stereocenters. The van der Waals surface area contributed by atoms with E-state index in [9.17, 15) is 22.4 Å². The molecule has 1 aromatic rings. The zero-order valence-corrected chi connectivity index (χ0v) is 8.14. The average molecular weight is 247 g/mol. The summed E-state index contributed by atoms with van der Waals surface area (Å²) < 4.78 is 52.2. The molecule has 3 nitrogen and oxygen atoms in total. The number of hydrogen-bond acceptors (Lipinski definition) is 2. The summed E-state index contributed by atoms with van der Waals surface area (Å²) in [5, 5.41) is 0. The molecule has 1 rings (SSSR count). The number of rotatable bonds is 1. The lowest BCUT2D eigenvalue weighted by atomic mass is 10.2. The molecule has 0 bridgehead atoms. The molecule has 90 valence electrons. The number of halogens is 4. The molecule has 0 radical (unpaired) electrons. The lowest BCUT2D eigenvalue weighted by molar-refractivity contribution is -0.274. The fourth-order valence-electron chi connectivity index (χ4n) is 0.926. The third-order valence-electron chi connectivity index (χ3n) is 1.49. The third-order valence-corrected chi connectivity index (χ3v) is 1.49. The Labute approximate surface area is 93.2 Å². The maximum absolute atomic E-state index is 13.1. The van der Waals surface area contributed by atoms with Crippen molar-refractivity contribution >= 4 is 5.91 Å². The lowest BCUT2D eigenvalue weighted by Crippen LogP contribution is -2.17. The molecular formula is C10H5F4NO2. The first-order valence-corrected chi connectivity index (χ1v) is 4.15. The first-order chi connectivity index (χ1) is 7.78. The van der Waals surface area contributed by atoms with E-state index >= 15 is 0 Å². The van der Waals surface area contributed by atoms with Gasteiger partial charge in [0.2, 0.25) is 0 Å². The number of nitrogens with two attached hydrogens (primary N) is 1. The van der Waals surface area contributed by atoms with Crippen molar-refractivity contribution in [1.29, 1.82) is 0 Å². The number of ether oxygens (including phenoxy) is 1. The van der Waals surface area contributed by atoms with Gasteiger partial charge < -0.3 is 10.5 Å². The van der Waals surface area contributed by atoms with Gasteiger partial charge in [-0.1, -0.05) is 5.92 Å². The monoisotopic (exact) mass is 247 g/mol. The first-order valence-electron chi connectivity index (χ1n) is 4.15. The van der Waals surface area contributed by atoms with Crippen molar-refractivity contribution in [2.75, 3.05) is 0 Å². The molecule has 0 fully saturated rings. The van der Waals surface area contributed by atoms with E-state index in [1.165, 1.54) is 0 Å². The summed E-state index contributed by atoms with van der Waals surface area (Å²) in [6.45, 7) is 0. The predicted molar refractivity (Wildman–Crippen MR) is 49.2 cm³/mol. The van der Waals surface area contributed by atoms with E-state index in [2.05, 4.69) is 10.5 Å². The summed E-state index contributed by atoms with van der Waals surface area (Å²) >= 11 is 0. The topological polar surface area (TPSA) is 52.3 Å². The molecule has 1 amide bonds. The van der Waals surface area contributed by atoms with Crippen molar-refractivity contribution in [1.82, 2.24) is 0 Å². The van der Waals surface area contributed by atoms with Crippen LogP contribution in [0.2, 0.25) is 0 Å². The Bertz CT molecular complexity index is 499. The second-order valence-electron chi connectivity index (χ2n) is 2.80. The Morgan fingerprint density at radius 2 is 2.00 bits per heavy atom. The summed E-state index contributed by atoms with van der Waals surface area (Å²) in [5.41, 5.74) is 4.27. The second kappa shape index (κ2) is 4.74. The van der Waals surface area contributed by atoms with Crippen molar-refractivity contribution in [3.05, 3.63) is 29.6 Å². The van der Waals surface area contributed by atoms with Gasteiger partial charge in [0.05, 0.1) is 5.56 Å². The molecule has 0 spiro atoms. The standard InChI is InChI=1S/C10H5F4NO2/c11-8-3-2-7(17-10(12,13)14)5-6(8)1-4-9(15)16/h2-3,5H,(H2,15,16). The van der Waals surface area contributed by atoms with E-state index in [0.29, 0.717) is 0 Å². The van der Waals surface area contributed by atoms with Gasteiger partial charge in [0.25, 0.3) is 5.91 Å². The molecule has 7 heteroatoms. The van der Waals surface area contributed by atoms with Crippen LogP contribution in [0, 0.1) is 17.7 Å². The molecule has 0 atom stereocenters. The van der Waals surface area contributed by atoms with Gasteiger partial charge in [-0.2, -0.15) is 0 Å². The fraction of sp³-hybridized carbons (Fsp3) is 0.100. The molecule has 2 N–H and O–H groups in total. The van der Waals surface area contributed by atoms with Gasteiger partial charge in [-0.15, -0.1) is 13.2 Å². The number of primary amides is 1. The van der Waals surface area contributed by atoms with Gasteiger partial charge in [-0.25, -0.2) is 4.39 Å². The molecule has 0 aromatic heterocycles. The SMILES string of the molecule is NC(=O)C#Cc1cc(OC(F)(F)F)ccc1F. The minimum Gasteiger partial charge on any atom is -0.406 e. The number of alkyl halides is 3. The van der Waals surface area contributed by atoms with Crippen molar-refractivity contribution in [2.24, 2.45) is 5.73 Å². The van der Waals surface area contributed by atoms with Crippen molar-refractivity contribution in [3.8, 4) is 17.6 Å². The molecule has 0 saturated carbocycles. The summed E-state index contributed by atoms with van der Waals surface area (Å²) in [5.74, 6) is 1.26. The number of carbonyl (C=O) groups excluding carboxylic acids is 1. The fourth-order valence-corrected chi connectivity index (χ4v) is 0.926. The number of amides is 1. The van der Waals surface area contributed by atoms with Crippen LogP contribution in [0.5, 0.6) is 5.75 Å². The molecule has 0 saturated heterocycles. The molecule has 1 aromatic carbocycles. The summed E-state index contributed by atoms with van der Waals surface area (Å²) in [7, 11) is 0. The van der Waals surface area contributed by atoms with Crippen LogP contribution in [0.1, 0.15) is 5.56 Å². The van der Waals surface area contributed by atoms with Gasteiger partial charge in [-0.3, -0.25) is 4.79 Å². The zero-order chi connectivity index (χ0) is 13.1. The summed E-state index contributed by atoms with van der Waals surface area (Å²) in [4.78, 5) is 10.3. The number of benzene rings is 1. The Morgan fingerprint density at radius 3 is 2.53 bits per heavy atom. The molecular weight excluding hydrogens is 242 g/mol. The Hall–Kier alpha value is -2.23. The van der Waals surface area contributed by atoms with E-state index < -0.39 is 29.4 Å². The molecule has 0 aliphatic rings. The zero-order valence-electron chi connectivity index (χ0n) is 8.14. The van der Waals surface area contributed by atoms with Crippen LogP contribution in [-0.4, -0.2) is 12.3 Å². The average Bonchev–Trinajstić information content (AvgIpc) is 2.16. The molecule has 0 heterocycles. The maximum Gasteiger partial charge on any atom is 0.573 e. The lowest BCUT2D eigenvalue weighted by Gasteiger charge is -2.08. The van der Waals surface area contributed by atoms with E-state index in [0.717, 1.165) is 18.2 Å². The highest BCUT2D eigenvalue weighted by molar-refractivity contribution is 5.92. The Kier molecular flexibility index (Phi) is 3.58. The first kappa shape index (κ1) is 12.8. The van der Waals surface area contributed by atoms with E-state index in [-0.39, 0.29) is 0 Å². The highest BCUT2D eigenvalue weighted by atomic mass is 19.4. The van der Waals surface area contributed by atoms with E-state index in [4.69, 9.17) is 0 Å². The largest absolute Gasteiger partial charge is 0.573 e. The normalized spacial score (nSPS) is 10.4. The minimum absolute atomic E-state index is 0.412. The van der Waals surface area contributed by atoms with Crippen molar-refractivity contribution in [3.63, 3.8) is 0 Å². The quantitative estimate of drug-likeness (QED) is 0.604. The minimum atomic E-state index is -4.88. The van der Waals surface area contributed by atoms with Gasteiger partial charge in [0.15, 0.2) is 0 Å². The van der Waals surface area contributed by atoms with Gasteiger partial charge in [0, 0.05) is 5.92 Å². The van der Waals surface area contributed by atoms with Crippen LogP contribution in [-0.2, 0) is 4.79 Å². The van der Waals surface area contributed by atoms with Gasteiger partial charge >= 0.3 is 6.36 Å². The van der Waals surface area contributed by atoms with Crippen molar-refractivity contribution in [2.45, 2.75) is 6.36 Å². The summed E-state index contributed by atoms with van der Waals surface area (Å²) in [6, 6.07) is 2.25. The molecule has 0 aliphatic heterocycles. The molecule has 0 aliphatic carbocycles. The van der Waals surface area contributed by atoms with Gasteiger partial charge in [-0.05, 0) is 18.2 Å². The highest BCUT2D eigenvalue weighted by Crippen LogP contribution is 2.24. The number of hydrogen-bond donors (Lipinski definition) is 1. The van der Waals surface area contributed by atoms with Crippen LogP contribution in [0.4, 0.5) is 17.6 Å². The Balaban J connectivity index is 3.04. The van der Waals surface area contributed by atoms with E-state index in [1.54, 1.807) is 5.92 Å². The Morgan fingerprint density at radius 1 is 1.35 bits per heavy atom.